The normalized spacial score (nSPS) is 10.3. The van der Waals surface area contributed by atoms with E-state index in [9.17, 15) is 0 Å². The van der Waals surface area contributed by atoms with Crippen LogP contribution in [0.5, 0.6) is 11.5 Å². The molecule has 0 N–H and O–H groups in total. The van der Waals surface area contributed by atoms with E-state index in [4.69, 9.17) is 10.00 Å². The van der Waals surface area contributed by atoms with Crippen LogP contribution in [0, 0.1) is 11.3 Å². The Labute approximate surface area is 121 Å². The topological polar surface area (TPSA) is 33.0 Å². The highest BCUT2D eigenvalue weighted by molar-refractivity contribution is 9.10. The van der Waals surface area contributed by atoms with Crippen molar-refractivity contribution in [3.8, 4) is 17.6 Å². The minimum atomic E-state index is 0.459. The van der Waals surface area contributed by atoms with Gasteiger partial charge in [-0.1, -0.05) is 41.9 Å². The van der Waals surface area contributed by atoms with Gasteiger partial charge >= 0.3 is 0 Å². The standard InChI is InChI=1S/C16H14BrNO/c1-11(2)13-4-3-5-15(8-13)19-16-7-12(10-18)6-14(17)9-16/h3-9,11H,1-2H3. The molecule has 2 aromatic rings. The molecule has 2 rings (SSSR count). The van der Waals surface area contributed by atoms with E-state index in [1.54, 1.807) is 12.1 Å². The molecular weight excluding hydrogens is 302 g/mol. The third kappa shape index (κ3) is 3.59. The predicted octanol–water partition coefficient (Wildman–Crippen LogP) is 5.24. The summed E-state index contributed by atoms with van der Waals surface area (Å²) < 4.78 is 6.65. The number of benzene rings is 2. The van der Waals surface area contributed by atoms with Crippen molar-refractivity contribution in [2.24, 2.45) is 0 Å². The molecule has 0 bridgehead atoms. The third-order valence-electron chi connectivity index (χ3n) is 2.76. The van der Waals surface area contributed by atoms with Crippen LogP contribution in [0.4, 0.5) is 0 Å². The maximum Gasteiger partial charge on any atom is 0.129 e. The molecule has 0 amide bonds. The molecule has 0 heterocycles. The monoisotopic (exact) mass is 315 g/mol. The Morgan fingerprint density at radius 2 is 1.89 bits per heavy atom. The van der Waals surface area contributed by atoms with Crippen LogP contribution in [-0.4, -0.2) is 0 Å². The van der Waals surface area contributed by atoms with Gasteiger partial charge in [0.05, 0.1) is 11.6 Å². The van der Waals surface area contributed by atoms with Crippen molar-refractivity contribution < 1.29 is 4.74 Å². The van der Waals surface area contributed by atoms with Gasteiger partial charge in [0.2, 0.25) is 0 Å². The predicted molar refractivity (Wildman–Crippen MR) is 79.5 cm³/mol. The second-order valence-electron chi connectivity index (χ2n) is 4.62. The number of nitriles is 1. The van der Waals surface area contributed by atoms with Crippen LogP contribution in [0.25, 0.3) is 0 Å². The summed E-state index contributed by atoms with van der Waals surface area (Å²) >= 11 is 3.37. The SMILES string of the molecule is CC(C)c1cccc(Oc2cc(Br)cc(C#N)c2)c1. The average Bonchev–Trinajstić information content (AvgIpc) is 2.38. The van der Waals surface area contributed by atoms with E-state index in [-0.39, 0.29) is 0 Å². The number of ether oxygens (including phenoxy) is 1. The van der Waals surface area contributed by atoms with E-state index >= 15 is 0 Å². The van der Waals surface area contributed by atoms with Crippen molar-refractivity contribution in [2.45, 2.75) is 19.8 Å². The summed E-state index contributed by atoms with van der Waals surface area (Å²) in [6.45, 7) is 4.29. The van der Waals surface area contributed by atoms with E-state index < -0.39 is 0 Å². The van der Waals surface area contributed by atoms with Crippen molar-refractivity contribution in [3.05, 3.63) is 58.1 Å². The van der Waals surface area contributed by atoms with Crippen LogP contribution >= 0.6 is 15.9 Å². The molecule has 0 saturated carbocycles. The van der Waals surface area contributed by atoms with Crippen molar-refractivity contribution in [1.29, 1.82) is 5.26 Å². The first-order valence-electron chi connectivity index (χ1n) is 6.07. The fourth-order valence-corrected chi connectivity index (χ4v) is 2.23. The van der Waals surface area contributed by atoms with Gasteiger partial charge in [0.1, 0.15) is 11.5 Å². The Hall–Kier alpha value is -1.79. The van der Waals surface area contributed by atoms with Crippen LogP contribution in [0.2, 0.25) is 0 Å². The molecule has 0 aliphatic heterocycles. The zero-order valence-electron chi connectivity index (χ0n) is 10.9. The first kappa shape index (κ1) is 13.6. The van der Waals surface area contributed by atoms with Gasteiger partial charge in [-0.25, -0.2) is 0 Å². The van der Waals surface area contributed by atoms with E-state index in [2.05, 4.69) is 41.9 Å². The van der Waals surface area contributed by atoms with Gasteiger partial charge < -0.3 is 4.74 Å². The van der Waals surface area contributed by atoms with Gasteiger partial charge in [-0.05, 0) is 41.8 Å². The number of halogens is 1. The summed E-state index contributed by atoms with van der Waals surface area (Å²) in [7, 11) is 0. The first-order chi connectivity index (χ1) is 9.08. The number of rotatable bonds is 3. The van der Waals surface area contributed by atoms with Crippen LogP contribution in [0.3, 0.4) is 0 Å². The molecule has 96 valence electrons. The van der Waals surface area contributed by atoms with E-state index in [1.165, 1.54) is 5.56 Å². The molecule has 2 nitrogen and oxygen atoms in total. The molecule has 0 aromatic heterocycles. The van der Waals surface area contributed by atoms with Crippen LogP contribution < -0.4 is 4.74 Å². The molecule has 0 atom stereocenters. The summed E-state index contributed by atoms with van der Waals surface area (Å²) in [5.41, 5.74) is 1.80. The van der Waals surface area contributed by atoms with Gasteiger partial charge in [0.15, 0.2) is 0 Å². The molecule has 0 spiro atoms. The maximum atomic E-state index is 8.94. The lowest BCUT2D eigenvalue weighted by atomic mass is 10.0. The van der Waals surface area contributed by atoms with Crippen LogP contribution in [-0.2, 0) is 0 Å². The molecule has 19 heavy (non-hydrogen) atoms. The Morgan fingerprint density at radius 1 is 1.11 bits per heavy atom. The highest BCUT2D eigenvalue weighted by atomic mass is 79.9. The van der Waals surface area contributed by atoms with Gasteiger partial charge in [-0.3, -0.25) is 0 Å². The molecule has 0 unspecified atom stereocenters. The van der Waals surface area contributed by atoms with Gasteiger partial charge in [-0.2, -0.15) is 5.26 Å². The Morgan fingerprint density at radius 3 is 2.58 bits per heavy atom. The van der Waals surface area contributed by atoms with Crippen LogP contribution in [0.1, 0.15) is 30.9 Å². The van der Waals surface area contributed by atoms with Crippen molar-refractivity contribution in [2.75, 3.05) is 0 Å². The molecule has 2 aromatic carbocycles. The largest absolute Gasteiger partial charge is 0.457 e. The molecule has 0 aliphatic carbocycles. The molecule has 0 aliphatic rings. The van der Waals surface area contributed by atoms with Crippen molar-refractivity contribution in [3.63, 3.8) is 0 Å². The van der Waals surface area contributed by atoms with Crippen molar-refractivity contribution >= 4 is 15.9 Å². The Balaban J connectivity index is 2.28. The average molecular weight is 316 g/mol. The molecule has 0 fully saturated rings. The smallest absolute Gasteiger partial charge is 0.129 e. The minimum Gasteiger partial charge on any atom is -0.457 e. The Kier molecular flexibility index (Phi) is 4.24. The van der Waals surface area contributed by atoms with E-state index in [1.807, 2.05) is 24.3 Å². The molecule has 0 radical (unpaired) electrons. The molecule has 3 heteroatoms. The van der Waals surface area contributed by atoms with Crippen molar-refractivity contribution in [1.82, 2.24) is 0 Å². The zero-order chi connectivity index (χ0) is 13.8. The molecular formula is C16H14BrNO. The van der Waals surface area contributed by atoms with E-state index in [0.717, 1.165) is 10.2 Å². The molecule has 0 saturated heterocycles. The lowest BCUT2D eigenvalue weighted by Gasteiger charge is -2.10. The summed E-state index contributed by atoms with van der Waals surface area (Å²) in [5, 5.41) is 8.94. The highest BCUT2D eigenvalue weighted by Crippen LogP contribution is 2.28. The van der Waals surface area contributed by atoms with Gasteiger partial charge in [0, 0.05) is 4.47 Å². The summed E-state index contributed by atoms with van der Waals surface area (Å²) in [5.74, 6) is 1.90. The maximum absolute atomic E-state index is 8.94. The lowest BCUT2D eigenvalue weighted by Crippen LogP contribution is -1.90. The summed E-state index contributed by atoms with van der Waals surface area (Å²) in [4.78, 5) is 0. The second kappa shape index (κ2) is 5.90. The fourth-order valence-electron chi connectivity index (χ4n) is 1.76. The fraction of sp³-hybridized carbons (Fsp3) is 0.188. The zero-order valence-corrected chi connectivity index (χ0v) is 12.4. The lowest BCUT2D eigenvalue weighted by molar-refractivity contribution is 0.481. The Bertz CT molecular complexity index is 629. The number of hydrogen-bond donors (Lipinski definition) is 0. The number of nitrogens with zero attached hydrogens (tertiary/aromatic N) is 1. The minimum absolute atomic E-state index is 0.459. The summed E-state index contributed by atoms with van der Waals surface area (Å²) in [6, 6.07) is 15.5. The summed E-state index contributed by atoms with van der Waals surface area (Å²) in [6.07, 6.45) is 0. The second-order valence-corrected chi connectivity index (χ2v) is 5.53. The van der Waals surface area contributed by atoms with E-state index in [0.29, 0.717) is 17.2 Å². The van der Waals surface area contributed by atoms with Gasteiger partial charge in [0.25, 0.3) is 0 Å². The first-order valence-corrected chi connectivity index (χ1v) is 6.86. The van der Waals surface area contributed by atoms with Gasteiger partial charge in [-0.15, -0.1) is 0 Å². The van der Waals surface area contributed by atoms with Crippen LogP contribution in [0.15, 0.2) is 46.9 Å². The number of hydrogen-bond acceptors (Lipinski definition) is 2. The quantitative estimate of drug-likeness (QED) is 0.776. The third-order valence-corrected chi connectivity index (χ3v) is 3.22. The highest BCUT2D eigenvalue weighted by Gasteiger charge is 2.04.